The van der Waals surface area contributed by atoms with Crippen LogP contribution in [0.1, 0.15) is 90.3 Å². The predicted molar refractivity (Wildman–Crippen MR) is 211 cm³/mol. The van der Waals surface area contributed by atoms with Crippen molar-refractivity contribution < 1.29 is 0 Å². The number of allylic oxidation sites excluding steroid dienone is 10. The minimum Gasteiger partial charge on any atom is -0.310 e. The van der Waals surface area contributed by atoms with Crippen molar-refractivity contribution in [3.05, 3.63) is 178 Å². The molecular formula is C49H43N. The molecule has 0 radical (unpaired) electrons. The van der Waals surface area contributed by atoms with E-state index >= 15 is 0 Å². The lowest BCUT2D eigenvalue weighted by Gasteiger charge is -2.32. The molecule has 50 heavy (non-hydrogen) atoms. The summed E-state index contributed by atoms with van der Waals surface area (Å²) in [5.74, 6) is 1.36. The van der Waals surface area contributed by atoms with Gasteiger partial charge in [0.2, 0.25) is 0 Å². The average Bonchev–Trinajstić information content (AvgIpc) is 3.43. The van der Waals surface area contributed by atoms with Crippen LogP contribution in [0.4, 0.5) is 0 Å². The number of hydrogen-bond donors (Lipinski definition) is 0. The zero-order chi connectivity index (χ0) is 33.0. The summed E-state index contributed by atoms with van der Waals surface area (Å²) in [4.78, 5) is 0. The maximum absolute atomic E-state index is 2.56. The first-order valence-corrected chi connectivity index (χ1v) is 18.9. The van der Waals surface area contributed by atoms with Crippen LogP contribution in [0.3, 0.4) is 0 Å². The molecule has 0 N–H and O–H groups in total. The highest BCUT2D eigenvalue weighted by atomic mass is 15.0. The van der Waals surface area contributed by atoms with E-state index in [1.165, 1.54) is 79.6 Å². The Kier molecular flexibility index (Phi) is 7.33. The van der Waals surface area contributed by atoms with Crippen molar-refractivity contribution in [3.8, 4) is 16.8 Å². The Morgan fingerprint density at radius 2 is 1.42 bits per heavy atom. The second kappa shape index (κ2) is 12.3. The maximum atomic E-state index is 2.56. The molecule has 0 spiro atoms. The smallest absolute Gasteiger partial charge is 0.0537 e. The molecule has 1 heteroatoms. The van der Waals surface area contributed by atoms with Gasteiger partial charge in [0, 0.05) is 22.9 Å². The van der Waals surface area contributed by atoms with Crippen LogP contribution in [0.5, 0.6) is 0 Å². The summed E-state index contributed by atoms with van der Waals surface area (Å²) in [6.07, 6.45) is 30.7. The largest absolute Gasteiger partial charge is 0.310 e. The van der Waals surface area contributed by atoms with Gasteiger partial charge in [-0.2, -0.15) is 0 Å². The molecule has 2 unspecified atom stereocenters. The van der Waals surface area contributed by atoms with Gasteiger partial charge < -0.3 is 4.57 Å². The van der Waals surface area contributed by atoms with E-state index in [0.29, 0.717) is 17.8 Å². The highest BCUT2D eigenvalue weighted by Gasteiger charge is 2.39. The monoisotopic (exact) mass is 645 g/mol. The molecule has 5 aliphatic rings. The molecule has 10 rings (SSSR count). The minimum atomic E-state index is 0.409. The number of aryl methyl sites for hydroxylation is 1. The summed E-state index contributed by atoms with van der Waals surface area (Å²) in [6.45, 7) is 0. The van der Waals surface area contributed by atoms with Crippen molar-refractivity contribution in [1.82, 2.24) is 4.57 Å². The molecule has 0 bridgehead atoms. The molecule has 5 aliphatic carbocycles. The number of rotatable bonds is 4. The molecular weight excluding hydrogens is 603 g/mol. The molecule has 244 valence electrons. The van der Waals surface area contributed by atoms with Gasteiger partial charge in [-0.1, -0.05) is 127 Å². The summed E-state index contributed by atoms with van der Waals surface area (Å²) in [5, 5.41) is 1.41. The Bertz CT molecular complexity index is 2310. The van der Waals surface area contributed by atoms with E-state index in [1.807, 2.05) is 0 Å². The summed E-state index contributed by atoms with van der Waals surface area (Å²) in [6, 6.07) is 35.0. The Morgan fingerprint density at radius 1 is 0.620 bits per heavy atom. The summed E-state index contributed by atoms with van der Waals surface area (Å²) < 4.78 is 2.53. The van der Waals surface area contributed by atoms with E-state index in [2.05, 4.69) is 150 Å². The van der Waals surface area contributed by atoms with Crippen LogP contribution < -0.4 is 0 Å². The van der Waals surface area contributed by atoms with Gasteiger partial charge in [0.25, 0.3) is 0 Å². The lowest BCUT2D eigenvalue weighted by atomic mass is 9.72. The zero-order valence-electron chi connectivity index (χ0n) is 28.7. The third kappa shape index (κ3) is 4.98. The van der Waals surface area contributed by atoms with Gasteiger partial charge >= 0.3 is 0 Å². The van der Waals surface area contributed by atoms with E-state index in [1.54, 1.807) is 11.1 Å². The van der Waals surface area contributed by atoms with Crippen LogP contribution >= 0.6 is 0 Å². The zero-order valence-corrected chi connectivity index (χ0v) is 28.7. The Labute approximate surface area is 296 Å². The molecule has 0 aliphatic heterocycles. The van der Waals surface area contributed by atoms with Crippen LogP contribution in [0.25, 0.3) is 45.4 Å². The molecule has 1 aromatic heterocycles. The fourth-order valence-electron chi connectivity index (χ4n) is 9.68. The molecule has 0 amide bonds. The molecule has 1 heterocycles. The van der Waals surface area contributed by atoms with E-state index in [0.717, 1.165) is 38.5 Å². The Hall–Kier alpha value is -5.14. The molecule has 5 aromatic rings. The molecule has 0 saturated carbocycles. The van der Waals surface area contributed by atoms with Crippen LogP contribution in [0.2, 0.25) is 0 Å². The molecule has 0 saturated heterocycles. The van der Waals surface area contributed by atoms with Crippen LogP contribution in [-0.2, 0) is 6.42 Å². The summed E-state index contributed by atoms with van der Waals surface area (Å²) in [7, 11) is 0. The summed E-state index contributed by atoms with van der Waals surface area (Å²) in [5.41, 5.74) is 18.3. The number of hydrogen-bond acceptors (Lipinski definition) is 0. The SMILES string of the molecule is C1=CC(c2ccc([C@H]3CCC4C=Cc5c(c6ccccc6n5-c5ccc(-c6ccc7c(c6)CCC=C7)cc5)C4C4=C3C=CCC4)cc2)=CCC1. The second-order valence-electron chi connectivity index (χ2n) is 14.9. The van der Waals surface area contributed by atoms with Gasteiger partial charge in [0.05, 0.1) is 11.2 Å². The lowest BCUT2D eigenvalue weighted by Crippen LogP contribution is -2.18. The summed E-state index contributed by atoms with van der Waals surface area (Å²) >= 11 is 0. The van der Waals surface area contributed by atoms with E-state index in [4.69, 9.17) is 0 Å². The van der Waals surface area contributed by atoms with Crippen LogP contribution in [-0.4, -0.2) is 4.57 Å². The van der Waals surface area contributed by atoms with Crippen molar-refractivity contribution in [2.24, 2.45) is 5.92 Å². The molecule has 4 aromatic carbocycles. The van der Waals surface area contributed by atoms with Crippen LogP contribution in [0, 0.1) is 5.92 Å². The highest BCUT2D eigenvalue weighted by Crippen LogP contribution is 2.54. The fourth-order valence-corrected chi connectivity index (χ4v) is 9.68. The van der Waals surface area contributed by atoms with Gasteiger partial charge in [-0.25, -0.2) is 0 Å². The standard InChI is InChI=1S/C49H43N/c1-2-10-33(11-3-1)35-18-21-37(22-19-35)42-30-26-38-27-31-47-49(48(38)44-15-7-6-14-43(42)44)45-16-8-9-17-46(45)50(47)41-28-24-36(25-29-41)40-23-20-34-12-4-5-13-39(34)32-40/h2,4,6,8-12,14,16-25,27-29,31-32,38,42,48H,1,3,5,7,13,15,26,30H2/t38?,42-,48?/m1/s1. The highest BCUT2D eigenvalue weighted by molar-refractivity contribution is 5.92. The lowest BCUT2D eigenvalue weighted by molar-refractivity contribution is 0.499. The van der Waals surface area contributed by atoms with Gasteiger partial charge in [-0.3, -0.25) is 0 Å². The topological polar surface area (TPSA) is 4.93 Å². The van der Waals surface area contributed by atoms with Gasteiger partial charge in [-0.15, -0.1) is 0 Å². The van der Waals surface area contributed by atoms with Crippen molar-refractivity contribution in [2.45, 2.75) is 63.2 Å². The number of nitrogens with zero attached hydrogens (tertiary/aromatic N) is 1. The first kappa shape index (κ1) is 29.7. The number of para-hydroxylation sites is 1. The van der Waals surface area contributed by atoms with Gasteiger partial charge in [0.1, 0.15) is 0 Å². The predicted octanol–water partition coefficient (Wildman–Crippen LogP) is 12.9. The molecule has 0 fully saturated rings. The minimum absolute atomic E-state index is 0.409. The Balaban J connectivity index is 1.05. The molecule has 1 nitrogen and oxygen atoms in total. The normalized spacial score (nSPS) is 22.1. The third-order valence-corrected chi connectivity index (χ3v) is 12.1. The van der Waals surface area contributed by atoms with Crippen molar-refractivity contribution in [2.75, 3.05) is 0 Å². The maximum Gasteiger partial charge on any atom is 0.0537 e. The first-order valence-electron chi connectivity index (χ1n) is 18.9. The fraction of sp³-hybridized carbons (Fsp3) is 0.224. The van der Waals surface area contributed by atoms with Gasteiger partial charge in [-0.05, 0) is 132 Å². The van der Waals surface area contributed by atoms with E-state index in [-0.39, 0.29) is 0 Å². The van der Waals surface area contributed by atoms with Crippen molar-refractivity contribution in [3.63, 3.8) is 0 Å². The van der Waals surface area contributed by atoms with Crippen molar-refractivity contribution in [1.29, 1.82) is 0 Å². The van der Waals surface area contributed by atoms with Crippen molar-refractivity contribution >= 4 is 28.6 Å². The van der Waals surface area contributed by atoms with E-state index in [9.17, 15) is 0 Å². The Morgan fingerprint density at radius 3 is 2.30 bits per heavy atom. The number of aromatic nitrogens is 1. The second-order valence-corrected chi connectivity index (χ2v) is 14.9. The quantitative estimate of drug-likeness (QED) is 0.183. The average molecular weight is 646 g/mol. The van der Waals surface area contributed by atoms with E-state index < -0.39 is 0 Å². The number of benzene rings is 4. The third-order valence-electron chi connectivity index (χ3n) is 12.1. The first-order chi connectivity index (χ1) is 24.8. The number of fused-ring (bicyclic) bond motifs is 7. The molecule has 3 atom stereocenters. The van der Waals surface area contributed by atoms with Gasteiger partial charge in [0.15, 0.2) is 0 Å². The van der Waals surface area contributed by atoms with Crippen LogP contribution in [0.15, 0.2) is 145 Å².